The summed E-state index contributed by atoms with van der Waals surface area (Å²) in [4.78, 5) is 11.3. The minimum absolute atomic E-state index is 0.154. The third-order valence-corrected chi connectivity index (χ3v) is 2.37. The summed E-state index contributed by atoms with van der Waals surface area (Å²) in [7, 11) is 0. The van der Waals surface area contributed by atoms with Crippen molar-refractivity contribution in [2.75, 3.05) is 13.1 Å². The van der Waals surface area contributed by atoms with E-state index in [9.17, 15) is 18.0 Å². The van der Waals surface area contributed by atoms with E-state index < -0.39 is 31.2 Å². The number of alkyl halides is 3. The average Bonchev–Trinajstić information content (AvgIpc) is 2.63. The monoisotopic (exact) mass is 240 g/mol. The highest BCUT2D eigenvalue weighted by molar-refractivity contribution is 5.80. The molecule has 1 aliphatic heterocycles. The fourth-order valence-electron chi connectivity index (χ4n) is 1.51. The minimum atomic E-state index is -4.25. The van der Waals surface area contributed by atoms with Crippen LogP contribution in [-0.2, 0) is 9.53 Å². The van der Waals surface area contributed by atoms with Gasteiger partial charge in [-0.05, 0) is 12.8 Å². The van der Waals surface area contributed by atoms with Crippen molar-refractivity contribution in [1.29, 1.82) is 0 Å². The molecule has 2 atom stereocenters. The lowest BCUT2D eigenvalue weighted by Gasteiger charge is -2.13. The highest BCUT2D eigenvalue weighted by atomic mass is 19.4. The van der Waals surface area contributed by atoms with Crippen molar-refractivity contribution in [3.05, 3.63) is 0 Å². The van der Waals surface area contributed by atoms with Crippen LogP contribution in [0.25, 0.3) is 0 Å². The topological polar surface area (TPSA) is 64.4 Å². The highest BCUT2D eigenvalue weighted by Gasteiger charge is 2.31. The van der Waals surface area contributed by atoms with Crippen LogP contribution >= 0.6 is 0 Å². The standard InChI is InChI=1S/C9H15F3N2O2/c10-9(11,12)3-4-14-8(15)7-2-1-6(5-13)16-7/h6-7H,1-5,13H2,(H,14,15). The van der Waals surface area contributed by atoms with Crippen LogP contribution in [0.15, 0.2) is 0 Å². The van der Waals surface area contributed by atoms with Gasteiger partial charge < -0.3 is 15.8 Å². The lowest BCUT2D eigenvalue weighted by atomic mass is 10.2. The maximum Gasteiger partial charge on any atom is 0.390 e. The number of carbonyl (C=O) groups is 1. The molecule has 0 aliphatic carbocycles. The van der Waals surface area contributed by atoms with Crippen LogP contribution in [0.3, 0.4) is 0 Å². The van der Waals surface area contributed by atoms with Crippen molar-refractivity contribution < 1.29 is 22.7 Å². The molecule has 0 aromatic carbocycles. The number of nitrogens with two attached hydrogens (primary N) is 1. The van der Waals surface area contributed by atoms with E-state index in [2.05, 4.69) is 5.32 Å². The van der Waals surface area contributed by atoms with E-state index in [1.165, 1.54) is 0 Å². The third-order valence-electron chi connectivity index (χ3n) is 2.37. The molecule has 1 heterocycles. The summed E-state index contributed by atoms with van der Waals surface area (Å²) in [6.07, 6.45) is -4.89. The highest BCUT2D eigenvalue weighted by Crippen LogP contribution is 2.20. The molecule has 0 saturated carbocycles. The van der Waals surface area contributed by atoms with Crippen LogP contribution in [0.4, 0.5) is 13.2 Å². The maximum absolute atomic E-state index is 11.8. The van der Waals surface area contributed by atoms with E-state index in [1.807, 2.05) is 0 Å². The molecule has 1 aliphatic rings. The zero-order chi connectivity index (χ0) is 12.2. The summed E-state index contributed by atoms with van der Waals surface area (Å²) < 4.78 is 40.6. The van der Waals surface area contributed by atoms with Crippen molar-refractivity contribution in [2.24, 2.45) is 5.73 Å². The van der Waals surface area contributed by atoms with Crippen molar-refractivity contribution in [1.82, 2.24) is 5.32 Å². The van der Waals surface area contributed by atoms with Crippen molar-refractivity contribution in [2.45, 2.75) is 37.6 Å². The summed E-state index contributed by atoms with van der Waals surface area (Å²) in [6, 6.07) is 0. The predicted octanol–water partition coefficient (Wildman–Crippen LogP) is 0.561. The summed E-state index contributed by atoms with van der Waals surface area (Å²) in [5.41, 5.74) is 5.35. The summed E-state index contributed by atoms with van der Waals surface area (Å²) in [5, 5.41) is 2.20. The number of ether oxygens (including phenoxy) is 1. The Bertz CT molecular complexity index is 245. The molecular formula is C9H15F3N2O2. The van der Waals surface area contributed by atoms with E-state index in [0.717, 1.165) is 0 Å². The first kappa shape index (κ1) is 13.2. The van der Waals surface area contributed by atoms with Crippen molar-refractivity contribution in [3.8, 4) is 0 Å². The van der Waals surface area contributed by atoms with E-state index in [-0.39, 0.29) is 6.10 Å². The van der Waals surface area contributed by atoms with E-state index >= 15 is 0 Å². The van der Waals surface area contributed by atoms with E-state index in [4.69, 9.17) is 10.5 Å². The van der Waals surface area contributed by atoms with Gasteiger partial charge in [-0.3, -0.25) is 4.79 Å². The van der Waals surface area contributed by atoms with Gasteiger partial charge >= 0.3 is 6.18 Å². The first-order chi connectivity index (χ1) is 7.42. The molecular weight excluding hydrogens is 225 g/mol. The molecule has 3 N–H and O–H groups in total. The number of halogens is 3. The second kappa shape index (κ2) is 5.49. The van der Waals surface area contributed by atoms with Gasteiger partial charge in [0.05, 0.1) is 12.5 Å². The lowest BCUT2D eigenvalue weighted by molar-refractivity contribution is -0.139. The molecule has 0 aromatic heterocycles. The van der Waals surface area contributed by atoms with Crippen LogP contribution in [-0.4, -0.2) is 37.4 Å². The fourth-order valence-corrected chi connectivity index (χ4v) is 1.51. The van der Waals surface area contributed by atoms with Crippen molar-refractivity contribution >= 4 is 5.91 Å². The fraction of sp³-hybridized carbons (Fsp3) is 0.889. The Kier molecular flexibility index (Phi) is 4.55. The zero-order valence-corrected chi connectivity index (χ0v) is 8.72. The number of carbonyl (C=O) groups excluding carboxylic acids is 1. The SMILES string of the molecule is NCC1CCC(C(=O)NCCC(F)(F)F)O1. The molecule has 1 fully saturated rings. The van der Waals surface area contributed by atoms with Crippen LogP contribution in [0.2, 0.25) is 0 Å². The molecule has 0 aromatic rings. The zero-order valence-electron chi connectivity index (χ0n) is 8.72. The normalized spacial score (nSPS) is 25.8. The first-order valence-electron chi connectivity index (χ1n) is 5.12. The molecule has 1 amide bonds. The molecule has 0 spiro atoms. The molecule has 94 valence electrons. The van der Waals surface area contributed by atoms with Crippen LogP contribution in [0.1, 0.15) is 19.3 Å². The summed E-state index contributed by atoms with van der Waals surface area (Å²) in [5.74, 6) is -0.486. The van der Waals surface area contributed by atoms with E-state index in [0.29, 0.717) is 19.4 Å². The number of hydrogen-bond donors (Lipinski definition) is 2. The number of hydrogen-bond acceptors (Lipinski definition) is 3. The van der Waals surface area contributed by atoms with Crippen LogP contribution in [0.5, 0.6) is 0 Å². The Morgan fingerprint density at radius 3 is 2.62 bits per heavy atom. The van der Waals surface area contributed by atoms with Gasteiger partial charge in [0.15, 0.2) is 0 Å². The van der Waals surface area contributed by atoms with Gasteiger partial charge in [0.2, 0.25) is 5.91 Å². The maximum atomic E-state index is 11.8. The molecule has 0 bridgehead atoms. The van der Waals surface area contributed by atoms with Gasteiger partial charge in [0.25, 0.3) is 0 Å². The lowest BCUT2D eigenvalue weighted by Crippen LogP contribution is -2.37. The van der Waals surface area contributed by atoms with Gasteiger partial charge in [0, 0.05) is 13.1 Å². The predicted molar refractivity (Wildman–Crippen MR) is 50.6 cm³/mol. The quantitative estimate of drug-likeness (QED) is 0.754. The van der Waals surface area contributed by atoms with E-state index in [1.54, 1.807) is 0 Å². The second-order valence-corrected chi connectivity index (χ2v) is 3.72. The number of rotatable bonds is 4. The third kappa shape index (κ3) is 4.36. The molecule has 1 saturated heterocycles. The Balaban J connectivity index is 2.21. The number of amides is 1. The molecule has 7 heteroatoms. The molecule has 1 rings (SSSR count). The average molecular weight is 240 g/mol. The molecule has 16 heavy (non-hydrogen) atoms. The van der Waals surface area contributed by atoms with Gasteiger partial charge in [-0.1, -0.05) is 0 Å². The second-order valence-electron chi connectivity index (χ2n) is 3.72. The Labute approximate surface area is 91.3 Å². The summed E-state index contributed by atoms with van der Waals surface area (Å²) >= 11 is 0. The van der Waals surface area contributed by atoms with Gasteiger partial charge in [-0.15, -0.1) is 0 Å². The first-order valence-corrected chi connectivity index (χ1v) is 5.12. The Morgan fingerprint density at radius 1 is 1.44 bits per heavy atom. The van der Waals surface area contributed by atoms with Crippen molar-refractivity contribution in [3.63, 3.8) is 0 Å². The van der Waals surface area contributed by atoms with Crippen LogP contribution < -0.4 is 11.1 Å². The number of nitrogens with one attached hydrogen (secondary N) is 1. The van der Waals surface area contributed by atoms with Gasteiger partial charge in [0.1, 0.15) is 6.10 Å². The molecule has 4 nitrogen and oxygen atoms in total. The van der Waals surface area contributed by atoms with Gasteiger partial charge in [-0.25, -0.2) is 0 Å². The largest absolute Gasteiger partial charge is 0.390 e. The Morgan fingerprint density at radius 2 is 2.12 bits per heavy atom. The summed E-state index contributed by atoms with van der Waals surface area (Å²) in [6.45, 7) is -0.0815. The van der Waals surface area contributed by atoms with Gasteiger partial charge in [-0.2, -0.15) is 13.2 Å². The van der Waals surface area contributed by atoms with Crippen LogP contribution in [0, 0.1) is 0 Å². The molecule has 0 radical (unpaired) electrons. The Hall–Kier alpha value is -0.820. The molecule has 2 unspecified atom stereocenters. The smallest absolute Gasteiger partial charge is 0.364 e. The minimum Gasteiger partial charge on any atom is -0.364 e.